The summed E-state index contributed by atoms with van der Waals surface area (Å²) in [5.41, 5.74) is 1.74. The van der Waals surface area contributed by atoms with Gasteiger partial charge in [0.05, 0.1) is 14.2 Å². The second kappa shape index (κ2) is 15.7. The summed E-state index contributed by atoms with van der Waals surface area (Å²) < 4.78 is 12.2. The molecule has 0 aromatic heterocycles. The minimum atomic E-state index is -1.12. The molecule has 0 saturated heterocycles. The van der Waals surface area contributed by atoms with Gasteiger partial charge in [-0.2, -0.15) is 0 Å². The number of carboxylic acid groups (broad SMARTS) is 2. The van der Waals surface area contributed by atoms with Crippen molar-refractivity contribution in [3.8, 4) is 11.5 Å². The molecule has 0 spiro atoms. The first kappa shape index (κ1) is 31.7. The van der Waals surface area contributed by atoms with Crippen LogP contribution in [-0.2, 0) is 0 Å². The number of hydrogen-bond acceptors (Lipinski definition) is 5. The van der Waals surface area contributed by atoms with Crippen LogP contribution in [0.4, 0.5) is 0 Å². The summed E-state index contributed by atoms with van der Waals surface area (Å²) in [6.07, 6.45) is 10.9. The lowest BCUT2D eigenvalue weighted by atomic mass is 9.91. The van der Waals surface area contributed by atoms with E-state index in [-0.39, 0.29) is 28.8 Å². The fourth-order valence-electron chi connectivity index (χ4n) is 4.06. The summed E-state index contributed by atoms with van der Waals surface area (Å²) in [5, 5.41) is 19.5. The average Bonchev–Trinajstić information content (AvgIpc) is 2.82. The van der Waals surface area contributed by atoms with Crippen LogP contribution < -0.4 is 15.6 Å². The van der Waals surface area contributed by atoms with Crippen LogP contribution in [0.3, 0.4) is 0 Å². The minimum absolute atomic E-state index is 0. The summed E-state index contributed by atoms with van der Waals surface area (Å²) in [5.74, 6) is -1.85. The molecule has 0 saturated carbocycles. The van der Waals surface area contributed by atoms with Crippen LogP contribution in [0.2, 0.25) is 0 Å². The number of halogens is 2. The SMILES string of the molecule is CCCCCCCCCC=C(c1cc(Br)cc(C(=O)O)c1OC)c1cc(Br)cc(C(=O)O)c1OC.N. The normalized spacial score (nSPS) is 10.4. The average molecular weight is 629 g/mol. The first-order valence-electron chi connectivity index (χ1n) is 11.7. The summed E-state index contributed by atoms with van der Waals surface area (Å²) in [6, 6.07) is 6.53. The zero-order valence-electron chi connectivity index (χ0n) is 21.0. The van der Waals surface area contributed by atoms with Crippen molar-refractivity contribution in [2.24, 2.45) is 0 Å². The van der Waals surface area contributed by atoms with E-state index in [0.717, 1.165) is 25.7 Å². The van der Waals surface area contributed by atoms with Crippen molar-refractivity contribution in [1.82, 2.24) is 6.15 Å². The monoisotopic (exact) mass is 627 g/mol. The molecule has 0 heterocycles. The predicted molar refractivity (Wildman–Crippen MR) is 150 cm³/mol. The second-order valence-corrected chi connectivity index (χ2v) is 10.0. The number of carbonyl (C=O) groups is 2. The molecule has 0 amide bonds. The number of unbranched alkanes of at least 4 members (excludes halogenated alkanes) is 7. The maximum Gasteiger partial charge on any atom is 0.339 e. The van der Waals surface area contributed by atoms with Crippen molar-refractivity contribution in [1.29, 1.82) is 0 Å². The Balaban J connectivity index is 0.00000648. The molecule has 5 N–H and O–H groups in total. The topological polar surface area (TPSA) is 128 Å². The first-order chi connectivity index (χ1) is 16.7. The molecule has 7 nitrogen and oxygen atoms in total. The van der Waals surface area contributed by atoms with Gasteiger partial charge in [0.2, 0.25) is 0 Å². The van der Waals surface area contributed by atoms with E-state index in [1.807, 2.05) is 6.08 Å². The van der Waals surface area contributed by atoms with Gasteiger partial charge in [-0.05, 0) is 42.7 Å². The largest absolute Gasteiger partial charge is 0.495 e. The minimum Gasteiger partial charge on any atom is -0.495 e. The van der Waals surface area contributed by atoms with E-state index in [1.54, 1.807) is 12.1 Å². The number of hydrogen-bond donors (Lipinski definition) is 3. The Morgan fingerprint density at radius 3 is 1.53 bits per heavy atom. The van der Waals surface area contributed by atoms with Crippen molar-refractivity contribution in [2.45, 2.75) is 58.3 Å². The molecular weight excluding hydrogens is 594 g/mol. The molecule has 0 atom stereocenters. The lowest BCUT2D eigenvalue weighted by Crippen LogP contribution is -2.07. The summed E-state index contributed by atoms with van der Waals surface area (Å²) in [4.78, 5) is 23.9. The zero-order valence-corrected chi connectivity index (χ0v) is 24.2. The van der Waals surface area contributed by atoms with Crippen LogP contribution in [0.5, 0.6) is 11.5 Å². The van der Waals surface area contributed by atoms with E-state index in [9.17, 15) is 19.8 Å². The summed E-state index contributed by atoms with van der Waals surface area (Å²) in [7, 11) is 2.85. The zero-order chi connectivity index (χ0) is 26.0. The third-order valence-corrected chi connectivity index (χ3v) is 6.63. The number of rotatable bonds is 14. The van der Waals surface area contributed by atoms with Gasteiger partial charge < -0.3 is 25.8 Å². The van der Waals surface area contributed by atoms with Crippen LogP contribution >= 0.6 is 31.9 Å². The lowest BCUT2D eigenvalue weighted by Gasteiger charge is -2.19. The molecule has 9 heteroatoms. The van der Waals surface area contributed by atoms with E-state index in [0.29, 0.717) is 25.6 Å². The fraction of sp³-hybridized carbons (Fsp3) is 0.407. The van der Waals surface area contributed by atoms with Gasteiger partial charge >= 0.3 is 11.9 Å². The van der Waals surface area contributed by atoms with Gasteiger partial charge in [0.15, 0.2) is 0 Å². The van der Waals surface area contributed by atoms with Crippen LogP contribution in [0.25, 0.3) is 5.57 Å². The van der Waals surface area contributed by atoms with Crippen molar-refractivity contribution >= 4 is 49.4 Å². The molecule has 198 valence electrons. The quantitative estimate of drug-likeness (QED) is 0.179. The highest BCUT2D eigenvalue weighted by molar-refractivity contribution is 9.10. The van der Waals surface area contributed by atoms with Crippen molar-refractivity contribution in [3.05, 3.63) is 61.5 Å². The van der Waals surface area contributed by atoms with Crippen molar-refractivity contribution in [3.63, 3.8) is 0 Å². The number of allylic oxidation sites excluding steroid dienone is 1. The highest BCUT2D eigenvalue weighted by Crippen LogP contribution is 2.42. The van der Waals surface area contributed by atoms with Crippen LogP contribution in [-0.4, -0.2) is 36.4 Å². The first-order valence-corrected chi connectivity index (χ1v) is 13.3. The Labute approximate surface area is 229 Å². The van der Waals surface area contributed by atoms with E-state index < -0.39 is 11.9 Å². The molecule has 2 rings (SSSR count). The Kier molecular flexibility index (Phi) is 13.8. The number of carboxylic acids is 2. The Morgan fingerprint density at radius 1 is 0.750 bits per heavy atom. The molecule has 0 bridgehead atoms. The molecule has 0 aliphatic rings. The molecule has 0 radical (unpaired) electrons. The van der Waals surface area contributed by atoms with E-state index >= 15 is 0 Å². The number of aromatic carboxylic acids is 2. The fourth-order valence-corrected chi connectivity index (χ4v) is 4.97. The van der Waals surface area contributed by atoms with Crippen LogP contribution in [0.15, 0.2) is 39.3 Å². The molecule has 2 aromatic carbocycles. The highest BCUT2D eigenvalue weighted by atomic mass is 79.9. The Hall–Kier alpha value is -2.36. The van der Waals surface area contributed by atoms with Gasteiger partial charge in [-0.1, -0.05) is 83.4 Å². The predicted octanol–water partition coefficient (Wildman–Crippen LogP) is 8.36. The number of benzene rings is 2. The van der Waals surface area contributed by atoms with Gasteiger partial charge in [0, 0.05) is 20.1 Å². The molecule has 2 aromatic rings. The van der Waals surface area contributed by atoms with E-state index in [1.165, 1.54) is 52.0 Å². The van der Waals surface area contributed by atoms with Crippen molar-refractivity contribution < 1.29 is 29.3 Å². The third kappa shape index (κ3) is 8.35. The summed E-state index contributed by atoms with van der Waals surface area (Å²) in [6.45, 7) is 2.20. The Bertz CT molecular complexity index is 1010. The van der Waals surface area contributed by atoms with Gasteiger partial charge in [-0.15, -0.1) is 0 Å². The molecular formula is C27H35Br2NO6. The molecule has 0 fully saturated rings. The summed E-state index contributed by atoms with van der Waals surface area (Å²) >= 11 is 6.83. The van der Waals surface area contributed by atoms with Crippen LogP contribution in [0.1, 0.15) is 90.1 Å². The van der Waals surface area contributed by atoms with Gasteiger partial charge in [0.1, 0.15) is 22.6 Å². The second-order valence-electron chi connectivity index (χ2n) is 8.21. The molecule has 36 heavy (non-hydrogen) atoms. The Morgan fingerprint density at radius 2 is 1.14 bits per heavy atom. The van der Waals surface area contributed by atoms with E-state index in [4.69, 9.17) is 9.47 Å². The number of methoxy groups -OCH3 is 2. The standard InChI is InChI=1S/C27H32Br2O6.H3N/c1-4-5-6-7-8-9-10-11-12-19(20-13-17(28)15-22(26(30)31)24(20)34-2)21-14-18(29)16-23(27(32)33)25(21)35-3;/h12-16H,4-11H2,1-3H3,(H,30,31)(H,32,33);1H3. The van der Waals surface area contributed by atoms with Crippen molar-refractivity contribution in [2.75, 3.05) is 14.2 Å². The van der Waals surface area contributed by atoms with Gasteiger partial charge in [-0.3, -0.25) is 0 Å². The third-order valence-electron chi connectivity index (χ3n) is 5.71. The van der Waals surface area contributed by atoms with Gasteiger partial charge in [-0.25, -0.2) is 9.59 Å². The molecule has 0 aliphatic heterocycles. The maximum atomic E-state index is 11.9. The maximum absolute atomic E-state index is 11.9. The smallest absolute Gasteiger partial charge is 0.339 e. The molecule has 0 aliphatic carbocycles. The molecule has 0 unspecified atom stereocenters. The highest BCUT2D eigenvalue weighted by Gasteiger charge is 2.24. The van der Waals surface area contributed by atoms with Gasteiger partial charge in [0.25, 0.3) is 0 Å². The number of ether oxygens (including phenoxy) is 2. The van der Waals surface area contributed by atoms with Crippen LogP contribution in [0, 0.1) is 0 Å². The van der Waals surface area contributed by atoms with E-state index in [2.05, 4.69) is 38.8 Å². The lowest BCUT2D eigenvalue weighted by molar-refractivity contribution is 0.0682.